The summed E-state index contributed by atoms with van der Waals surface area (Å²) in [5.74, 6) is -1.15. The number of hydrogen-bond donors (Lipinski definition) is 1. The molecule has 16 heavy (non-hydrogen) atoms. The maximum atomic E-state index is 12.0. The SMILES string of the molecule is CCCN(C)C(=O)C1CC1(C(=O)O)C(C)C. The zero-order valence-corrected chi connectivity index (χ0v) is 10.5. The maximum absolute atomic E-state index is 12.0. The van der Waals surface area contributed by atoms with E-state index in [-0.39, 0.29) is 17.7 Å². The van der Waals surface area contributed by atoms with Crippen LogP contribution in [0.25, 0.3) is 0 Å². The lowest BCUT2D eigenvalue weighted by Gasteiger charge is -2.20. The lowest BCUT2D eigenvalue weighted by molar-refractivity contribution is -0.148. The highest BCUT2D eigenvalue weighted by Gasteiger charge is 2.65. The Bertz CT molecular complexity index is 301. The van der Waals surface area contributed by atoms with E-state index in [1.165, 1.54) is 0 Å². The van der Waals surface area contributed by atoms with Gasteiger partial charge in [-0.1, -0.05) is 20.8 Å². The normalized spacial score (nSPS) is 27.9. The van der Waals surface area contributed by atoms with Crippen molar-refractivity contribution >= 4 is 11.9 Å². The van der Waals surface area contributed by atoms with E-state index in [9.17, 15) is 14.7 Å². The van der Waals surface area contributed by atoms with Gasteiger partial charge in [0, 0.05) is 13.6 Å². The average Bonchev–Trinajstić information content (AvgIpc) is 2.93. The van der Waals surface area contributed by atoms with Gasteiger partial charge in [-0.05, 0) is 18.8 Å². The average molecular weight is 227 g/mol. The number of amides is 1. The number of hydrogen-bond acceptors (Lipinski definition) is 2. The van der Waals surface area contributed by atoms with Crippen molar-refractivity contribution < 1.29 is 14.7 Å². The summed E-state index contributed by atoms with van der Waals surface area (Å²) >= 11 is 0. The zero-order chi connectivity index (χ0) is 12.5. The van der Waals surface area contributed by atoms with E-state index in [4.69, 9.17) is 0 Å². The fourth-order valence-electron chi connectivity index (χ4n) is 2.42. The predicted octanol–water partition coefficient (Wildman–Crippen LogP) is 1.60. The van der Waals surface area contributed by atoms with Crippen molar-refractivity contribution in [2.75, 3.05) is 13.6 Å². The van der Waals surface area contributed by atoms with E-state index in [0.717, 1.165) is 6.42 Å². The number of carboxylic acids is 1. The van der Waals surface area contributed by atoms with Crippen LogP contribution >= 0.6 is 0 Å². The standard InChI is InChI=1S/C12H21NO3/c1-5-6-13(4)10(14)9-7-12(9,8(2)3)11(15)16/h8-9H,5-7H2,1-4H3,(H,15,16). The van der Waals surface area contributed by atoms with Gasteiger partial charge in [-0.3, -0.25) is 9.59 Å². The maximum Gasteiger partial charge on any atom is 0.310 e. The number of carboxylic acid groups (broad SMARTS) is 1. The molecule has 0 aromatic carbocycles. The minimum atomic E-state index is -0.828. The molecular formula is C12H21NO3. The molecule has 0 aromatic heterocycles. The van der Waals surface area contributed by atoms with E-state index in [2.05, 4.69) is 0 Å². The van der Waals surface area contributed by atoms with Crippen molar-refractivity contribution in [1.82, 2.24) is 4.90 Å². The summed E-state index contributed by atoms with van der Waals surface area (Å²) in [6.07, 6.45) is 1.39. The van der Waals surface area contributed by atoms with Gasteiger partial charge in [-0.15, -0.1) is 0 Å². The Morgan fingerprint density at radius 3 is 2.38 bits per heavy atom. The molecule has 4 heteroatoms. The summed E-state index contributed by atoms with van der Waals surface area (Å²) in [7, 11) is 1.75. The van der Waals surface area contributed by atoms with Crippen LogP contribution in [0.3, 0.4) is 0 Å². The van der Waals surface area contributed by atoms with Crippen LogP contribution in [0.2, 0.25) is 0 Å². The molecule has 1 N–H and O–H groups in total. The molecule has 0 saturated heterocycles. The molecule has 1 fully saturated rings. The molecule has 0 spiro atoms. The molecule has 0 aliphatic heterocycles. The molecule has 92 valence electrons. The summed E-state index contributed by atoms with van der Waals surface area (Å²) < 4.78 is 0. The van der Waals surface area contributed by atoms with Crippen LogP contribution in [-0.4, -0.2) is 35.5 Å². The fourth-order valence-corrected chi connectivity index (χ4v) is 2.42. The minimum Gasteiger partial charge on any atom is -0.481 e. The van der Waals surface area contributed by atoms with Gasteiger partial charge in [0.1, 0.15) is 0 Å². The van der Waals surface area contributed by atoms with Gasteiger partial charge in [0.05, 0.1) is 11.3 Å². The second kappa shape index (κ2) is 4.44. The Balaban J connectivity index is 2.72. The van der Waals surface area contributed by atoms with E-state index in [1.807, 2.05) is 20.8 Å². The third-order valence-electron chi connectivity index (χ3n) is 3.67. The molecule has 4 nitrogen and oxygen atoms in total. The van der Waals surface area contributed by atoms with Crippen LogP contribution in [0.4, 0.5) is 0 Å². The molecule has 1 aliphatic carbocycles. The lowest BCUT2D eigenvalue weighted by Crippen LogP contribution is -2.34. The highest BCUT2D eigenvalue weighted by atomic mass is 16.4. The quantitative estimate of drug-likeness (QED) is 0.776. The molecule has 0 radical (unpaired) electrons. The summed E-state index contributed by atoms with van der Waals surface area (Å²) in [6, 6.07) is 0. The summed E-state index contributed by atoms with van der Waals surface area (Å²) in [5.41, 5.74) is -0.806. The highest BCUT2D eigenvalue weighted by molar-refractivity contribution is 5.92. The van der Waals surface area contributed by atoms with E-state index >= 15 is 0 Å². The fraction of sp³-hybridized carbons (Fsp3) is 0.833. The molecular weight excluding hydrogens is 206 g/mol. The molecule has 1 saturated carbocycles. The van der Waals surface area contributed by atoms with Crippen LogP contribution < -0.4 is 0 Å². The molecule has 2 unspecified atom stereocenters. The molecule has 0 heterocycles. The van der Waals surface area contributed by atoms with E-state index in [1.54, 1.807) is 11.9 Å². The highest BCUT2D eigenvalue weighted by Crippen LogP contribution is 2.58. The van der Waals surface area contributed by atoms with Crippen LogP contribution in [0.5, 0.6) is 0 Å². The smallest absolute Gasteiger partial charge is 0.310 e. The van der Waals surface area contributed by atoms with E-state index in [0.29, 0.717) is 13.0 Å². The van der Waals surface area contributed by atoms with Crippen molar-refractivity contribution in [1.29, 1.82) is 0 Å². The van der Waals surface area contributed by atoms with E-state index < -0.39 is 11.4 Å². The largest absolute Gasteiger partial charge is 0.481 e. The zero-order valence-electron chi connectivity index (χ0n) is 10.5. The van der Waals surface area contributed by atoms with Gasteiger partial charge < -0.3 is 10.0 Å². The third kappa shape index (κ3) is 1.93. The molecule has 2 atom stereocenters. The van der Waals surface area contributed by atoms with Crippen molar-refractivity contribution in [2.24, 2.45) is 17.3 Å². The topological polar surface area (TPSA) is 57.6 Å². The first-order valence-electron chi connectivity index (χ1n) is 5.86. The first kappa shape index (κ1) is 13.0. The number of rotatable bonds is 5. The predicted molar refractivity (Wildman–Crippen MR) is 60.9 cm³/mol. The third-order valence-corrected chi connectivity index (χ3v) is 3.67. The molecule has 0 aromatic rings. The van der Waals surface area contributed by atoms with Crippen LogP contribution in [0.1, 0.15) is 33.6 Å². The van der Waals surface area contributed by atoms with Crippen molar-refractivity contribution in [3.63, 3.8) is 0 Å². The monoisotopic (exact) mass is 227 g/mol. The Kier molecular flexibility index (Phi) is 3.61. The summed E-state index contributed by atoms with van der Waals surface area (Å²) in [4.78, 5) is 24.9. The minimum absolute atomic E-state index is 0.00831. The van der Waals surface area contributed by atoms with Gasteiger partial charge in [-0.25, -0.2) is 0 Å². The van der Waals surface area contributed by atoms with Gasteiger partial charge in [0.2, 0.25) is 5.91 Å². The van der Waals surface area contributed by atoms with Crippen LogP contribution in [0.15, 0.2) is 0 Å². The molecule has 1 aliphatic rings. The second-order valence-electron chi connectivity index (χ2n) is 5.02. The molecule has 0 bridgehead atoms. The number of aliphatic carboxylic acids is 1. The van der Waals surface area contributed by atoms with Crippen molar-refractivity contribution in [3.8, 4) is 0 Å². The van der Waals surface area contributed by atoms with Crippen LogP contribution in [0, 0.1) is 17.3 Å². The first-order chi connectivity index (χ1) is 7.37. The van der Waals surface area contributed by atoms with Gasteiger partial charge in [0.15, 0.2) is 0 Å². The number of carbonyl (C=O) groups is 2. The first-order valence-corrected chi connectivity index (χ1v) is 5.86. The van der Waals surface area contributed by atoms with Crippen LogP contribution in [-0.2, 0) is 9.59 Å². The van der Waals surface area contributed by atoms with Gasteiger partial charge in [0.25, 0.3) is 0 Å². The molecule has 1 rings (SSSR count). The Hall–Kier alpha value is -1.06. The second-order valence-corrected chi connectivity index (χ2v) is 5.02. The van der Waals surface area contributed by atoms with Gasteiger partial charge in [-0.2, -0.15) is 0 Å². The molecule has 1 amide bonds. The van der Waals surface area contributed by atoms with Gasteiger partial charge >= 0.3 is 5.97 Å². The number of carbonyl (C=O) groups excluding carboxylic acids is 1. The summed E-state index contributed by atoms with van der Waals surface area (Å²) in [5, 5.41) is 9.23. The number of nitrogens with zero attached hydrogens (tertiary/aromatic N) is 1. The Labute approximate surface area is 96.6 Å². The summed E-state index contributed by atoms with van der Waals surface area (Å²) in [6.45, 7) is 6.45. The van der Waals surface area contributed by atoms with Crippen molar-refractivity contribution in [3.05, 3.63) is 0 Å². The van der Waals surface area contributed by atoms with Crippen molar-refractivity contribution in [2.45, 2.75) is 33.6 Å². The Morgan fingerprint density at radius 2 is 2.06 bits per heavy atom. The lowest BCUT2D eigenvalue weighted by atomic mass is 9.89. The Morgan fingerprint density at radius 1 is 1.50 bits per heavy atom.